The van der Waals surface area contributed by atoms with Crippen LogP contribution in [0.1, 0.15) is 28.4 Å². The van der Waals surface area contributed by atoms with Crippen LogP contribution in [0, 0.1) is 0 Å². The molecule has 138 valence electrons. The van der Waals surface area contributed by atoms with Gasteiger partial charge >= 0.3 is 5.97 Å². The zero-order valence-corrected chi connectivity index (χ0v) is 15.5. The van der Waals surface area contributed by atoms with E-state index < -0.39 is 0 Å². The van der Waals surface area contributed by atoms with Crippen molar-refractivity contribution in [2.45, 2.75) is 31.5 Å². The Morgan fingerprint density at radius 3 is 2.78 bits per heavy atom. The van der Waals surface area contributed by atoms with Gasteiger partial charge in [0.15, 0.2) is 0 Å². The van der Waals surface area contributed by atoms with Gasteiger partial charge in [0.05, 0.1) is 20.3 Å². The highest BCUT2D eigenvalue weighted by molar-refractivity contribution is 5.87. The summed E-state index contributed by atoms with van der Waals surface area (Å²) in [5.74, 6) is 0.715. The number of hydrogen-bond acceptors (Lipinski definition) is 4. The number of fused-ring (bicyclic) bond motifs is 6. The highest BCUT2D eigenvalue weighted by Gasteiger charge is 2.42. The Bertz CT molecular complexity index is 1040. The number of nitrogens with one attached hydrogen (secondary N) is 1. The number of rotatable bonds is 2. The van der Waals surface area contributed by atoms with Gasteiger partial charge in [-0.2, -0.15) is 0 Å². The molecule has 0 spiro atoms. The monoisotopic (exact) mass is 362 g/mol. The number of para-hydroxylation sites is 1. The van der Waals surface area contributed by atoms with Crippen LogP contribution in [0.3, 0.4) is 0 Å². The summed E-state index contributed by atoms with van der Waals surface area (Å²) < 4.78 is 10.6. The molecule has 0 saturated heterocycles. The number of aromatic nitrogens is 1. The quantitative estimate of drug-likeness (QED) is 0.710. The van der Waals surface area contributed by atoms with E-state index in [4.69, 9.17) is 9.47 Å². The van der Waals surface area contributed by atoms with E-state index in [0.29, 0.717) is 6.42 Å². The minimum atomic E-state index is -0.262. The summed E-state index contributed by atoms with van der Waals surface area (Å²) in [6, 6.07) is 14.4. The predicted molar refractivity (Wildman–Crippen MR) is 103 cm³/mol. The molecule has 0 bridgehead atoms. The lowest BCUT2D eigenvalue weighted by Crippen LogP contribution is -2.50. The Balaban J connectivity index is 1.66. The van der Waals surface area contributed by atoms with Crippen LogP contribution in [-0.4, -0.2) is 36.1 Å². The molecule has 0 saturated carbocycles. The summed E-state index contributed by atoms with van der Waals surface area (Å²) >= 11 is 0. The number of nitrogens with zero attached hydrogens (tertiary/aromatic N) is 1. The van der Waals surface area contributed by atoms with Gasteiger partial charge in [-0.15, -0.1) is 0 Å². The number of carbonyl (C=O) groups excluding carboxylic acids is 1. The molecule has 2 atom stereocenters. The molecule has 0 amide bonds. The molecule has 0 aliphatic carbocycles. The van der Waals surface area contributed by atoms with Gasteiger partial charge in [0.2, 0.25) is 0 Å². The van der Waals surface area contributed by atoms with E-state index >= 15 is 0 Å². The van der Waals surface area contributed by atoms with Crippen LogP contribution < -0.4 is 4.74 Å². The molecule has 0 unspecified atom stereocenters. The van der Waals surface area contributed by atoms with E-state index in [9.17, 15) is 4.79 Å². The molecular weight excluding hydrogens is 340 g/mol. The van der Waals surface area contributed by atoms with Crippen molar-refractivity contribution < 1.29 is 14.3 Å². The van der Waals surface area contributed by atoms with Gasteiger partial charge in [0.1, 0.15) is 11.8 Å². The van der Waals surface area contributed by atoms with Crippen molar-refractivity contribution in [2.75, 3.05) is 14.2 Å². The first-order chi connectivity index (χ1) is 13.2. The van der Waals surface area contributed by atoms with E-state index in [-0.39, 0.29) is 18.1 Å². The van der Waals surface area contributed by atoms with Crippen molar-refractivity contribution in [1.29, 1.82) is 0 Å². The summed E-state index contributed by atoms with van der Waals surface area (Å²) in [5, 5.41) is 1.21. The van der Waals surface area contributed by atoms with Crippen molar-refractivity contribution in [3.63, 3.8) is 0 Å². The summed E-state index contributed by atoms with van der Waals surface area (Å²) in [4.78, 5) is 18.5. The topological polar surface area (TPSA) is 54.6 Å². The number of ether oxygens (including phenoxy) is 2. The molecule has 3 heterocycles. The van der Waals surface area contributed by atoms with Gasteiger partial charge in [-0.25, -0.2) is 0 Å². The van der Waals surface area contributed by atoms with E-state index in [1.54, 1.807) is 7.11 Å². The van der Waals surface area contributed by atoms with Crippen LogP contribution in [0.2, 0.25) is 0 Å². The molecule has 2 aliphatic heterocycles. The first-order valence-electron chi connectivity index (χ1n) is 9.28. The molecule has 2 aliphatic rings. The zero-order valence-electron chi connectivity index (χ0n) is 15.5. The molecule has 5 rings (SSSR count). The number of methoxy groups -OCH3 is 2. The Morgan fingerprint density at radius 1 is 1.11 bits per heavy atom. The summed E-state index contributed by atoms with van der Waals surface area (Å²) in [5.41, 5.74) is 6.13. The molecule has 27 heavy (non-hydrogen) atoms. The molecular formula is C22H22N2O3. The van der Waals surface area contributed by atoms with Gasteiger partial charge < -0.3 is 14.5 Å². The summed E-state index contributed by atoms with van der Waals surface area (Å²) in [7, 11) is 3.17. The van der Waals surface area contributed by atoms with Gasteiger partial charge in [-0.05, 0) is 41.3 Å². The molecule has 1 N–H and O–H groups in total. The van der Waals surface area contributed by atoms with Crippen LogP contribution >= 0.6 is 0 Å². The molecule has 2 aromatic carbocycles. The first kappa shape index (κ1) is 16.4. The molecule has 5 heteroatoms. The normalized spacial score (nSPS) is 21.3. The Labute approximate surface area is 157 Å². The van der Waals surface area contributed by atoms with Crippen LogP contribution in [0.15, 0.2) is 42.5 Å². The summed E-state index contributed by atoms with van der Waals surface area (Å²) in [6.45, 7) is 0.735. The number of hydrogen-bond donors (Lipinski definition) is 1. The fourth-order valence-electron chi connectivity index (χ4n) is 4.69. The largest absolute Gasteiger partial charge is 0.497 e. The second-order valence-corrected chi connectivity index (χ2v) is 7.33. The van der Waals surface area contributed by atoms with E-state index in [1.807, 2.05) is 12.1 Å². The van der Waals surface area contributed by atoms with Crippen LogP contribution in [-0.2, 0) is 28.9 Å². The Morgan fingerprint density at radius 2 is 1.96 bits per heavy atom. The number of H-pyrrole nitrogens is 1. The minimum absolute atomic E-state index is 0.129. The second kappa shape index (κ2) is 6.13. The maximum Gasteiger partial charge on any atom is 0.323 e. The molecule has 3 aromatic rings. The van der Waals surface area contributed by atoms with Gasteiger partial charge in [0.25, 0.3) is 0 Å². The summed E-state index contributed by atoms with van der Waals surface area (Å²) in [6.07, 6.45) is 1.52. The lowest BCUT2D eigenvalue weighted by molar-refractivity contribution is -0.149. The Hall–Kier alpha value is -2.79. The maximum absolute atomic E-state index is 12.6. The third-order valence-corrected chi connectivity index (χ3v) is 6.03. The highest BCUT2D eigenvalue weighted by Crippen LogP contribution is 2.43. The number of benzene rings is 2. The first-order valence-corrected chi connectivity index (χ1v) is 9.28. The van der Waals surface area contributed by atoms with Crippen LogP contribution in [0.25, 0.3) is 10.9 Å². The molecule has 0 fully saturated rings. The fourth-order valence-corrected chi connectivity index (χ4v) is 4.69. The van der Waals surface area contributed by atoms with Crippen molar-refractivity contribution in [3.05, 3.63) is 64.8 Å². The second-order valence-electron chi connectivity index (χ2n) is 7.33. The van der Waals surface area contributed by atoms with E-state index in [1.165, 1.54) is 34.9 Å². The average Bonchev–Trinajstić information content (AvgIpc) is 3.09. The minimum Gasteiger partial charge on any atom is -0.497 e. The van der Waals surface area contributed by atoms with E-state index in [0.717, 1.165) is 24.2 Å². The molecule has 0 radical (unpaired) electrons. The van der Waals surface area contributed by atoms with Crippen LogP contribution in [0.5, 0.6) is 5.75 Å². The maximum atomic E-state index is 12.6. The smallest absolute Gasteiger partial charge is 0.323 e. The number of esters is 1. The van der Waals surface area contributed by atoms with Crippen LogP contribution in [0.4, 0.5) is 0 Å². The molecule has 5 nitrogen and oxygen atoms in total. The number of aromatic amines is 1. The van der Waals surface area contributed by atoms with Crippen molar-refractivity contribution >= 4 is 16.9 Å². The standard InChI is InChI=1S/C22H22N2O3/c1-26-15-8-7-13-12-24-19(10-14(13)9-15)21-17(11-20(24)22(25)27-2)16-5-3-4-6-18(16)23-21/h3-9,19-20,23H,10-12H2,1-2H3/t19-,20+/m1/s1. The van der Waals surface area contributed by atoms with Crippen molar-refractivity contribution in [1.82, 2.24) is 9.88 Å². The lowest BCUT2D eigenvalue weighted by atomic mass is 9.84. The predicted octanol–water partition coefficient (Wildman–Crippen LogP) is 3.37. The van der Waals surface area contributed by atoms with Crippen molar-refractivity contribution in [2.24, 2.45) is 0 Å². The fraction of sp³-hybridized carbons (Fsp3) is 0.318. The average molecular weight is 362 g/mol. The third-order valence-electron chi connectivity index (χ3n) is 6.03. The Kier molecular flexibility index (Phi) is 3.72. The van der Waals surface area contributed by atoms with Crippen molar-refractivity contribution in [3.8, 4) is 5.75 Å². The van der Waals surface area contributed by atoms with Gasteiger partial charge in [0, 0.05) is 29.6 Å². The van der Waals surface area contributed by atoms with Gasteiger partial charge in [-0.1, -0.05) is 24.3 Å². The van der Waals surface area contributed by atoms with E-state index in [2.05, 4.69) is 40.2 Å². The van der Waals surface area contributed by atoms with Gasteiger partial charge in [-0.3, -0.25) is 9.69 Å². The number of carbonyl (C=O) groups is 1. The highest BCUT2D eigenvalue weighted by atomic mass is 16.5. The SMILES string of the molecule is COC(=O)[C@@H]1Cc2c([nH]c3ccccc23)[C@H]2Cc3cc(OC)ccc3CN21. The zero-order chi connectivity index (χ0) is 18.5. The lowest BCUT2D eigenvalue weighted by Gasteiger charge is -2.44. The third kappa shape index (κ3) is 2.46. The molecule has 1 aromatic heterocycles.